The molecular formula is C13H25N3O. The van der Waals surface area contributed by atoms with Crippen molar-refractivity contribution in [2.75, 3.05) is 19.7 Å². The van der Waals surface area contributed by atoms with E-state index in [-0.39, 0.29) is 6.61 Å². The first kappa shape index (κ1) is 14.2. The number of hydrogen-bond donors (Lipinski definition) is 1. The van der Waals surface area contributed by atoms with E-state index in [1.807, 2.05) is 19.4 Å². The van der Waals surface area contributed by atoms with E-state index in [0.29, 0.717) is 6.04 Å². The Labute approximate surface area is 104 Å². The number of aromatic nitrogens is 2. The summed E-state index contributed by atoms with van der Waals surface area (Å²) < 4.78 is 2.06. The molecule has 0 aliphatic rings. The second-order valence-corrected chi connectivity index (χ2v) is 4.43. The van der Waals surface area contributed by atoms with E-state index in [2.05, 4.69) is 28.3 Å². The van der Waals surface area contributed by atoms with Gasteiger partial charge in [-0.1, -0.05) is 13.8 Å². The Hall–Kier alpha value is -0.870. The largest absolute Gasteiger partial charge is 0.395 e. The fourth-order valence-corrected chi connectivity index (χ4v) is 2.29. The number of hydrogen-bond acceptors (Lipinski definition) is 3. The Morgan fingerprint density at radius 1 is 1.35 bits per heavy atom. The van der Waals surface area contributed by atoms with Gasteiger partial charge in [0.1, 0.15) is 5.82 Å². The Morgan fingerprint density at radius 3 is 2.53 bits per heavy atom. The molecule has 0 amide bonds. The molecule has 1 rings (SSSR count). The molecule has 0 unspecified atom stereocenters. The Morgan fingerprint density at radius 2 is 2.06 bits per heavy atom. The SMILES string of the molecule is CCC(CC)N(CCO)CCc1nccn1C. The van der Waals surface area contributed by atoms with Gasteiger partial charge in [-0.2, -0.15) is 0 Å². The zero-order chi connectivity index (χ0) is 12.7. The molecule has 4 nitrogen and oxygen atoms in total. The lowest BCUT2D eigenvalue weighted by molar-refractivity contribution is 0.144. The van der Waals surface area contributed by atoms with Crippen molar-refractivity contribution < 1.29 is 5.11 Å². The summed E-state index contributed by atoms with van der Waals surface area (Å²) in [5.41, 5.74) is 0. The summed E-state index contributed by atoms with van der Waals surface area (Å²) in [5.74, 6) is 1.11. The van der Waals surface area contributed by atoms with E-state index in [1.165, 1.54) is 0 Å². The van der Waals surface area contributed by atoms with Gasteiger partial charge in [-0.25, -0.2) is 4.98 Å². The van der Waals surface area contributed by atoms with Crippen LogP contribution >= 0.6 is 0 Å². The minimum absolute atomic E-state index is 0.233. The van der Waals surface area contributed by atoms with Gasteiger partial charge in [0, 0.05) is 45.0 Å². The predicted molar refractivity (Wildman–Crippen MR) is 69.9 cm³/mol. The number of aryl methyl sites for hydroxylation is 1. The molecular weight excluding hydrogens is 214 g/mol. The van der Waals surface area contributed by atoms with Crippen molar-refractivity contribution in [2.24, 2.45) is 7.05 Å². The molecule has 1 heterocycles. The van der Waals surface area contributed by atoms with Crippen LogP contribution in [0.15, 0.2) is 12.4 Å². The maximum atomic E-state index is 9.13. The second-order valence-electron chi connectivity index (χ2n) is 4.43. The predicted octanol–water partition coefficient (Wildman–Crippen LogP) is 1.45. The quantitative estimate of drug-likeness (QED) is 0.746. The summed E-state index contributed by atoms with van der Waals surface area (Å²) in [6, 6.07) is 0.572. The van der Waals surface area contributed by atoms with E-state index in [4.69, 9.17) is 5.11 Å². The lowest BCUT2D eigenvalue weighted by atomic mass is 10.1. The molecule has 0 aliphatic heterocycles. The fourth-order valence-electron chi connectivity index (χ4n) is 2.29. The number of rotatable bonds is 8. The average molecular weight is 239 g/mol. The van der Waals surface area contributed by atoms with Crippen LogP contribution in [0.25, 0.3) is 0 Å². The molecule has 98 valence electrons. The van der Waals surface area contributed by atoms with E-state index >= 15 is 0 Å². The van der Waals surface area contributed by atoms with Crippen molar-refractivity contribution in [3.63, 3.8) is 0 Å². The second kappa shape index (κ2) is 7.45. The van der Waals surface area contributed by atoms with Crippen molar-refractivity contribution in [3.05, 3.63) is 18.2 Å². The van der Waals surface area contributed by atoms with Crippen molar-refractivity contribution in [3.8, 4) is 0 Å². The highest BCUT2D eigenvalue weighted by Crippen LogP contribution is 2.09. The third kappa shape index (κ3) is 4.13. The Kier molecular flexibility index (Phi) is 6.22. The normalized spacial score (nSPS) is 11.6. The van der Waals surface area contributed by atoms with Crippen LogP contribution in [0.5, 0.6) is 0 Å². The highest BCUT2D eigenvalue weighted by atomic mass is 16.3. The minimum atomic E-state index is 0.233. The summed E-state index contributed by atoms with van der Waals surface area (Å²) >= 11 is 0. The van der Waals surface area contributed by atoms with Gasteiger partial charge in [0.05, 0.1) is 6.61 Å². The number of nitrogens with zero attached hydrogens (tertiary/aromatic N) is 3. The standard InChI is InChI=1S/C13H25N3O/c1-4-12(5-2)16(10-11-17)8-6-13-14-7-9-15(13)3/h7,9,12,17H,4-6,8,10-11H2,1-3H3. The third-order valence-electron chi connectivity index (χ3n) is 3.39. The average Bonchev–Trinajstić information content (AvgIpc) is 2.73. The fraction of sp³-hybridized carbons (Fsp3) is 0.769. The number of imidazole rings is 1. The smallest absolute Gasteiger partial charge is 0.109 e. The highest BCUT2D eigenvalue weighted by Gasteiger charge is 2.14. The lowest BCUT2D eigenvalue weighted by Gasteiger charge is -2.29. The van der Waals surface area contributed by atoms with E-state index in [1.54, 1.807) is 0 Å². The van der Waals surface area contributed by atoms with E-state index in [0.717, 1.165) is 38.2 Å². The molecule has 0 saturated heterocycles. The Bertz CT molecular complexity index is 307. The van der Waals surface area contributed by atoms with Gasteiger partial charge >= 0.3 is 0 Å². The van der Waals surface area contributed by atoms with Crippen LogP contribution in [-0.2, 0) is 13.5 Å². The first-order valence-electron chi connectivity index (χ1n) is 6.54. The summed E-state index contributed by atoms with van der Waals surface area (Å²) in [6.45, 7) is 6.38. The molecule has 0 fully saturated rings. The summed E-state index contributed by atoms with van der Waals surface area (Å²) in [5, 5.41) is 9.13. The summed E-state index contributed by atoms with van der Waals surface area (Å²) in [7, 11) is 2.02. The molecule has 0 radical (unpaired) electrons. The van der Waals surface area contributed by atoms with Crippen LogP contribution in [0.1, 0.15) is 32.5 Å². The highest BCUT2D eigenvalue weighted by molar-refractivity contribution is 4.92. The molecule has 1 aromatic heterocycles. The number of aliphatic hydroxyl groups excluding tert-OH is 1. The van der Waals surface area contributed by atoms with Crippen LogP contribution in [-0.4, -0.2) is 45.3 Å². The van der Waals surface area contributed by atoms with Crippen molar-refractivity contribution >= 4 is 0 Å². The summed E-state index contributed by atoms with van der Waals surface area (Å²) in [6.07, 6.45) is 7.03. The van der Waals surface area contributed by atoms with Gasteiger partial charge in [0.2, 0.25) is 0 Å². The zero-order valence-electron chi connectivity index (χ0n) is 11.3. The molecule has 0 bridgehead atoms. The minimum Gasteiger partial charge on any atom is -0.395 e. The van der Waals surface area contributed by atoms with Crippen LogP contribution < -0.4 is 0 Å². The molecule has 17 heavy (non-hydrogen) atoms. The van der Waals surface area contributed by atoms with Crippen LogP contribution in [0.4, 0.5) is 0 Å². The molecule has 1 aromatic rings. The van der Waals surface area contributed by atoms with Crippen molar-refractivity contribution in [2.45, 2.75) is 39.2 Å². The van der Waals surface area contributed by atoms with Gasteiger partial charge in [-0.3, -0.25) is 4.90 Å². The topological polar surface area (TPSA) is 41.3 Å². The Balaban J connectivity index is 2.52. The molecule has 1 N–H and O–H groups in total. The van der Waals surface area contributed by atoms with Crippen LogP contribution in [0, 0.1) is 0 Å². The van der Waals surface area contributed by atoms with Gasteiger partial charge in [0.25, 0.3) is 0 Å². The van der Waals surface area contributed by atoms with Gasteiger partial charge in [-0.05, 0) is 12.8 Å². The van der Waals surface area contributed by atoms with Gasteiger partial charge in [-0.15, -0.1) is 0 Å². The first-order valence-corrected chi connectivity index (χ1v) is 6.54. The molecule has 0 saturated carbocycles. The molecule has 0 spiro atoms. The monoisotopic (exact) mass is 239 g/mol. The first-order chi connectivity index (χ1) is 8.22. The van der Waals surface area contributed by atoms with Crippen molar-refractivity contribution in [1.82, 2.24) is 14.5 Å². The summed E-state index contributed by atoms with van der Waals surface area (Å²) in [4.78, 5) is 6.70. The van der Waals surface area contributed by atoms with Crippen LogP contribution in [0.3, 0.4) is 0 Å². The maximum Gasteiger partial charge on any atom is 0.109 e. The van der Waals surface area contributed by atoms with Crippen LogP contribution in [0.2, 0.25) is 0 Å². The molecule has 0 atom stereocenters. The van der Waals surface area contributed by atoms with E-state index in [9.17, 15) is 0 Å². The molecule has 0 aliphatic carbocycles. The van der Waals surface area contributed by atoms with Crippen molar-refractivity contribution in [1.29, 1.82) is 0 Å². The number of aliphatic hydroxyl groups is 1. The zero-order valence-corrected chi connectivity index (χ0v) is 11.3. The molecule has 4 heteroatoms. The maximum absolute atomic E-state index is 9.13. The van der Waals surface area contributed by atoms with E-state index < -0.39 is 0 Å². The van der Waals surface area contributed by atoms with Gasteiger partial charge < -0.3 is 9.67 Å². The third-order valence-corrected chi connectivity index (χ3v) is 3.39. The molecule has 0 aromatic carbocycles. The van der Waals surface area contributed by atoms with Gasteiger partial charge in [0.15, 0.2) is 0 Å². The lowest BCUT2D eigenvalue weighted by Crippen LogP contribution is -2.38.